The summed E-state index contributed by atoms with van der Waals surface area (Å²) in [7, 11) is 3.34. The number of carbonyl (C=O) groups excluding carboxylic acids is 2. The van der Waals surface area contributed by atoms with E-state index in [4.69, 9.17) is 21.1 Å². The van der Waals surface area contributed by atoms with Crippen molar-refractivity contribution in [2.24, 2.45) is 0 Å². The summed E-state index contributed by atoms with van der Waals surface area (Å²) in [5, 5.41) is 9.19. The minimum Gasteiger partial charge on any atom is -0.454 e. The van der Waals surface area contributed by atoms with E-state index in [0.29, 0.717) is 40.9 Å². The molecule has 2 aliphatic rings. The van der Waals surface area contributed by atoms with Crippen LogP contribution in [0.25, 0.3) is 0 Å². The molecule has 1 aromatic heterocycles. The molecule has 0 unspecified atom stereocenters. The van der Waals surface area contributed by atoms with Gasteiger partial charge in [0.05, 0.1) is 17.4 Å². The number of rotatable bonds is 5. The molecule has 2 aromatic carbocycles. The maximum absolute atomic E-state index is 12.5. The van der Waals surface area contributed by atoms with Crippen LogP contribution >= 0.6 is 11.6 Å². The van der Waals surface area contributed by atoms with E-state index in [1.807, 2.05) is 18.2 Å². The Kier molecular flexibility index (Phi) is 6.04. The number of fused-ring (bicyclic) bond motifs is 2. The smallest absolute Gasteiger partial charge is 0.253 e. The van der Waals surface area contributed by atoms with Crippen LogP contribution in [-0.4, -0.2) is 42.7 Å². The highest BCUT2D eigenvalue weighted by Gasteiger charge is 2.25. The number of nitrogens with zero attached hydrogens (tertiary/aromatic N) is 3. The molecule has 0 fully saturated rings. The van der Waals surface area contributed by atoms with Gasteiger partial charge in [-0.2, -0.15) is 4.98 Å². The van der Waals surface area contributed by atoms with Gasteiger partial charge in [-0.05, 0) is 48.7 Å². The number of halogens is 1. The summed E-state index contributed by atoms with van der Waals surface area (Å²) >= 11 is 6.38. The molecular weight excluding hydrogens is 472 g/mol. The van der Waals surface area contributed by atoms with E-state index in [9.17, 15) is 9.59 Å². The third-order valence-electron chi connectivity index (χ3n) is 5.91. The molecular formula is C24H23ClN6O4. The van der Waals surface area contributed by atoms with Gasteiger partial charge >= 0.3 is 0 Å². The van der Waals surface area contributed by atoms with E-state index in [1.165, 1.54) is 6.20 Å². The number of hydrogen-bond donors (Lipinski definition) is 3. The van der Waals surface area contributed by atoms with Crippen molar-refractivity contribution in [3.05, 3.63) is 52.7 Å². The van der Waals surface area contributed by atoms with E-state index in [2.05, 4.69) is 25.9 Å². The molecule has 0 atom stereocenters. The molecule has 3 heterocycles. The zero-order valence-electron chi connectivity index (χ0n) is 19.1. The third-order valence-corrected chi connectivity index (χ3v) is 6.18. The average molecular weight is 495 g/mol. The van der Waals surface area contributed by atoms with Crippen LogP contribution in [0.5, 0.6) is 11.5 Å². The monoisotopic (exact) mass is 494 g/mol. The number of ether oxygens (including phenoxy) is 2. The third kappa shape index (κ3) is 4.40. The van der Waals surface area contributed by atoms with Gasteiger partial charge in [-0.25, -0.2) is 4.98 Å². The lowest BCUT2D eigenvalue weighted by molar-refractivity contribution is -0.118. The molecule has 11 heteroatoms. The van der Waals surface area contributed by atoms with Crippen LogP contribution in [0.15, 0.2) is 36.5 Å². The van der Waals surface area contributed by atoms with Crippen molar-refractivity contribution in [2.75, 3.05) is 36.4 Å². The zero-order valence-corrected chi connectivity index (χ0v) is 19.9. The van der Waals surface area contributed by atoms with Gasteiger partial charge in [0.1, 0.15) is 5.02 Å². The first-order valence-electron chi connectivity index (χ1n) is 11.1. The van der Waals surface area contributed by atoms with Crippen LogP contribution in [0.4, 0.5) is 28.8 Å². The Labute approximate surface area is 206 Å². The lowest BCUT2D eigenvalue weighted by atomic mass is 10.1. The summed E-state index contributed by atoms with van der Waals surface area (Å²) in [6, 6.07) is 9.10. The van der Waals surface area contributed by atoms with Gasteiger partial charge in [-0.1, -0.05) is 11.6 Å². The van der Waals surface area contributed by atoms with Crippen LogP contribution in [-0.2, 0) is 11.2 Å². The maximum atomic E-state index is 12.5. The summed E-state index contributed by atoms with van der Waals surface area (Å²) in [6.45, 7) is 0.0463. The first-order valence-corrected chi connectivity index (χ1v) is 11.4. The van der Waals surface area contributed by atoms with Crippen molar-refractivity contribution >= 4 is 52.2 Å². The van der Waals surface area contributed by atoms with Gasteiger partial charge < -0.3 is 30.3 Å². The normalized spacial score (nSPS) is 14.3. The minimum atomic E-state index is -0.303. The van der Waals surface area contributed by atoms with Crippen molar-refractivity contribution in [2.45, 2.75) is 19.3 Å². The number of amides is 2. The molecule has 0 saturated carbocycles. The van der Waals surface area contributed by atoms with E-state index < -0.39 is 0 Å². The fourth-order valence-corrected chi connectivity index (χ4v) is 4.24. The molecule has 0 aliphatic carbocycles. The topological polar surface area (TPSA) is 118 Å². The van der Waals surface area contributed by atoms with Crippen molar-refractivity contribution in [1.29, 1.82) is 0 Å². The Hall–Kier alpha value is -4.05. The molecule has 0 bridgehead atoms. The fraction of sp³-hybridized carbons (Fsp3) is 0.250. The largest absolute Gasteiger partial charge is 0.454 e. The van der Waals surface area contributed by atoms with Crippen LogP contribution < -0.4 is 30.3 Å². The molecule has 0 radical (unpaired) electrons. The van der Waals surface area contributed by atoms with Crippen LogP contribution in [0.2, 0.25) is 5.02 Å². The molecule has 3 aromatic rings. The van der Waals surface area contributed by atoms with E-state index in [0.717, 1.165) is 29.8 Å². The number of aryl methyl sites for hydroxylation is 1. The second-order valence-corrected chi connectivity index (χ2v) is 8.50. The van der Waals surface area contributed by atoms with Crippen LogP contribution in [0.1, 0.15) is 28.8 Å². The molecule has 2 amide bonds. The lowest BCUT2D eigenvalue weighted by Gasteiger charge is -2.18. The number of hydrogen-bond acceptors (Lipinski definition) is 8. The quantitative estimate of drug-likeness (QED) is 0.487. The summed E-state index contributed by atoms with van der Waals surface area (Å²) in [5.41, 5.74) is 3.50. The Bertz CT molecular complexity index is 1330. The van der Waals surface area contributed by atoms with Crippen LogP contribution in [0.3, 0.4) is 0 Å². The highest BCUT2D eigenvalue weighted by atomic mass is 35.5. The minimum absolute atomic E-state index is 0.0463. The number of anilines is 5. The molecule has 5 rings (SSSR count). The van der Waals surface area contributed by atoms with E-state index in [1.54, 1.807) is 31.1 Å². The SMILES string of the molecule is CNC(=O)c1ccc2c(c1Nc1nc(Nc3ccc4c(c3)CCCC(=O)N4C)ncc1Cl)OCO2. The van der Waals surface area contributed by atoms with Gasteiger partial charge in [0.25, 0.3) is 5.91 Å². The van der Waals surface area contributed by atoms with Crippen molar-refractivity contribution in [1.82, 2.24) is 15.3 Å². The number of nitrogens with one attached hydrogen (secondary N) is 3. The van der Waals surface area contributed by atoms with E-state index in [-0.39, 0.29) is 23.6 Å². The average Bonchev–Trinajstić information content (AvgIpc) is 3.29. The predicted octanol–water partition coefficient (Wildman–Crippen LogP) is 4.00. The Balaban J connectivity index is 1.44. The molecule has 2 aliphatic heterocycles. The first kappa shape index (κ1) is 22.7. The summed E-state index contributed by atoms with van der Waals surface area (Å²) in [4.78, 5) is 35.1. The Morgan fingerprint density at radius 3 is 2.83 bits per heavy atom. The maximum Gasteiger partial charge on any atom is 0.253 e. The second-order valence-electron chi connectivity index (χ2n) is 8.09. The molecule has 35 heavy (non-hydrogen) atoms. The molecule has 180 valence electrons. The predicted molar refractivity (Wildman–Crippen MR) is 132 cm³/mol. The second kappa shape index (κ2) is 9.30. The number of aromatic nitrogens is 2. The molecule has 0 saturated heterocycles. The highest BCUT2D eigenvalue weighted by Crippen LogP contribution is 2.43. The molecule has 3 N–H and O–H groups in total. The van der Waals surface area contributed by atoms with Gasteiger partial charge in [-0.3, -0.25) is 9.59 Å². The summed E-state index contributed by atoms with van der Waals surface area (Å²) < 4.78 is 11.0. The standard InChI is InChI=1S/C24H23ClN6O4/c1-26-23(33)15-7-9-18-21(35-12-34-18)20(15)29-22-16(25)11-27-24(30-22)28-14-6-8-17-13(10-14)4-3-5-19(32)31(17)2/h6-11H,3-5,12H2,1-2H3,(H,26,33)(H2,27,28,29,30). The van der Waals surface area contributed by atoms with Crippen LogP contribution in [0, 0.1) is 0 Å². The van der Waals surface area contributed by atoms with Gasteiger partial charge in [0.15, 0.2) is 17.3 Å². The molecule has 10 nitrogen and oxygen atoms in total. The van der Waals surface area contributed by atoms with Gasteiger partial charge in [-0.15, -0.1) is 0 Å². The van der Waals surface area contributed by atoms with E-state index >= 15 is 0 Å². The van der Waals surface area contributed by atoms with Crippen molar-refractivity contribution < 1.29 is 19.1 Å². The van der Waals surface area contributed by atoms with Gasteiger partial charge in [0.2, 0.25) is 18.6 Å². The fourth-order valence-electron chi connectivity index (χ4n) is 4.11. The number of carbonyl (C=O) groups is 2. The van der Waals surface area contributed by atoms with Crippen molar-refractivity contribution in [3.63, 3.8) is 0 Å². The highest BCUT2D eigenvalue weighted by molar-refractivity contribution is 6.33. The van der Waals surface area contributed by atoms with Gasteiger partial charge in [0, 0.05) is 31.9 Å². The molecule has 0 spiro atoms. The zero-order chi connectivity index (χ0) is 24.5. The Morgan fingerprint density at radius 1 is 1.14 bits per heavy atom. The first-order chi connectivity index (χ1) is 16.9. The number of benzene rings is 2. The summed E-state index contributed by atoms with van der Waals surface area (Å²) in [6.07, 6.45) is 3.60. The van der Waals surface area contributed by atoms with Crippen molar-refractivity contribution in [3.8, 4) is 11.5 Å². The summed E-state index contributed by atoms with van der Waals surface area (Å²) in [5.74, 6) is 1.32. The Morgan fingerprint density at radius 2 is 2.00 bits per heavy atom. The lowest BCUT2D eigenvalue weighted by Crippen LogP contribution is -2.24.